The number of halogens is 1. The van der Waals surface area contributed by atoms with Gasteiger partial charge in [-0.1, -0.05) is 0 Å². The van der Waals surface area contributed by atoms with Crippen LogP contribution in [-0.4, -0.2) is 23.0 Å². The van der Waals surface area contributed by atoms with Crippen molar-refractivity contribution < 1.29 is 4.74 Å². The van der Waals surface area contributed by atoms with Crippen molar-refractivity contribution in [1.29, 1.82) is 0 Å². The van der Waals surface area contributed by atoms with Crippen molar-refractivity contribution in [3.63, 3.8) is 0 Å². The fourth-order valence-corrected chi connectivity index (χ4v) is 1.81. The molecule has 0 aliphatic carbocycles. The molecule has 0 aromatic carbocycles. The van der Waals surface area contributed by atoms with Gasteiger partial charge in [-0.3, -0.25) is 4.68 Å². The highest BCUT2D eigenvalue weighted by atomic mass is 79.9. The highest BCUT2D eigenvalue weighted by Crippen LogP contribution is 2.15. The molecule has 1 aromatic rings. The molecule has 4 heteroatoms. The van der Waals surface area contributed by atoms with Gasteiger partial charge >= 0.3 is 0 Å². The highest BCUT2D eigenvalue weighted by Gasteiger charge is 2.19. The lowest BCUT2D eigenvalue weighted by Gasteiger charge is -2.26. The van der Waals surface area contributed by atoms with Gasteiger partial charge in [-0.05, 0) is 28.9 Å². The molecule has 1 fully saturated rings. The quantitative estimate of drug-likeness (QED) is 0.772. The van der Waals surface area contributed by atoms with E-state index in [9.17, 15) is 0 Å². The van der Waals surface area contributed by atoms with Crippen molar-refractivity contribution in [2.75, 3.05) is 13.2 Å². The summed E-state index contributed by atoms with van der Waals surface area (Å²) >= 11 is 3.35. The molecule has 0 spiro atoms. The first-order valence-electron chi connectivity index (χ1n) is 4.03. The molecule has 1 aliphatic rings. The maximum Gasteiger partial charge on any atom is 0.128 e. The minimum absolute atomic E-state index is 0.662. The maximum atomic E-state index is 5.10. The van der Waals surface area contributed by atoms with Gasteiger partial charge in [-0.15, -0.1) is 0 Å². The van der Waals surface area contributed by atoms with Crippen LogP contribution in [0, 0.1) is 12.8 Å². The van der Waals surface area contributed by atoms with Gasteiger partial charge in [0.25, 0.3) is 0 Å². The molecule has 0 unspecified atom stereocenters. The molecule has 1 saturated heterocycles. The number of aryl methyl sites for hydroxylation is 1. The van der Waals surface area contributed by atoms with E-state index >= 15 is 0 Å². The van der Waals surface area contributed by atoms with E-state index < -0.39 is 0 Å². The lowest BCUT2D eigenvalue weighted by Crippen LogP contribution is -2.32. The summed E-state index contributed by atoms with van der Waals surface area (Å²) < 4.78 is 8.04. The Morgan fingerprint density at radius 2 is 2.50 bits per heavy atom. The van der Waals surface area contributed by atoms with Gasteiger partial charge in [0, 0.05) is 18.2 Å². The molecule has 2 rings (SSSR count). The van der Waals surface area contributed by atoms with Crippen molar-refractivity contribution in [1.82, 2.24) is 9.78 Å². The van der Waals surface area contributed by atoms with Crippen LogP contribution in [0.4, 0.5) is 0 Å². The predicted octanol–water partition coefficient (Wildman–Crippen LogP) is 1.60. The molecule has 0 amide bonds. The van der Waals surface area contributed by atoms with Crippen molar-refractivity contribution in [2.45, 2.75) is 13.5 Å². The van der Waals surface area contributed by atoms with Gasteiger partial charge in [0.15, 0.2) is 0 Å². The van der Waals surface area contributed by atoms with Crippen molar-refractivity contribution >= 4 is 15.9 Å². The maximum absolute atomic E-state index is 5.10. The number of ether oxygens (including phenoxy) is 1. The highest BCUT2D eigenvalue weighted by molar-refractivity contribution is 9.10. The minimum atomic E-state index is 0.662. The summed E-state index contributed by atoms with van der Waals surface area (Å²) in [6.45, 7) is 4.82. The van der Waals surface area contributed by atoms with E-state index in [1.165, 1.54) is 5.69 Å². The van der Waals surface area contributed by atoms with Crippen molar-refractivity contribution in [3.8, 4) is 0 Å². The van der Waals surface area contributed by atoms with Crippen LogP contribution in [0.2, 0.25) is 0 Å². The lowest BCUT2D eigenvalue weighted by molar-refractivity contribution is -0.0411. The molecule has 0 atom stereocenters. The van der Waals surface area contributed by atoms with E-state index in [0.717, 1.165) is 24.4 Å². The smallest absolute Gasteiger partial charge is 0.128 e. The Bertz CT molecular complexity index is 281. The van der Waals surface area contributed by atoms with Gasteiger partial charge in [0.2, 0.25) is 0 Å². The third-order valence-corrected chi connectivity index (χ3v) is 2.48. The van der Waals surface area contributed by atoms with Crippen LogP contribution < -0.4 is 0 Å². The number of hydrogen-bond acceptors (Lipinski definition) is 2. The number of nitrogens with zero attached hydrogens (tertiary/aromatic N) is 2. The second-order valence-electron chi connectivity index (χ2n) is 3.19. The van der Waals surface area contributed by atoms with Crippen LogP contribution in [0.1, 0.15) is 5.69 Å². The second-order valence-corrected chi connectivity index (χ2v) is 4.01. The van der Waals surface area contributed by atoms with E-state index in [4.69, 9.17) is 4.74 Å². The summed E-state index contributed by atoms with van der Waals surface area (Å²) in [4.78, 5) is 0. The Balaban J connectivity index is 2.05. The topological polar surface area (TPSA) is 27.1 Å². The van der Waals surface area contributed by atoms with Gasteiger partial charge in [0.1, 0.15) is 4.60 Å². The van der Waals surface area contributed by atoms with Crippen molar-refractivity contribution in [2.24, 2.45) is 5.92 Å². The number of hydrogen-bond donors (Lipinski definition) is 0. The SMILES string of the molecule is Cc1cc(Br)nn1CC1COC1. The summed E-state index contributed by atoms with van der Waals surface area (Å²) in [5, 5.41) is 4.31. The van der Waals surface area contributed by atoms with Crippen LogP contribution in [-0.2, 0) is 11.3 Å². The van der Waals surface area contributed by atoms with Crippen LogP contribution >= 0.6 is 15.9 Å². The average molecular weight is 231 g/mol. The Kier molecular flexibility index (Phi) is 2.19. The predicted molar refractivity (Wildman–Crippen MR) is 49.0 cm³/mol. The summed E-state index contributed by atoms with van der Waals surface area (Å²) in [7, 11) is 0. The molecule has 0 bridgehead atoms. The van der Waals surface area contributed by atoms with E-state index in [0.29, 0.717) is 5.92 Å². The molecule has 0 saturated carbocycles. The zero-order valence-corrected chi connectivity index (χ0v) is 8.54. The zero-order valence-electron chi connectivity index (χ0n) is 6.96. The Hall–Kier alpha value is -0.350. The van der Waals surface area contributed by atoms with E-state index in [-0.39, 0.29) is 0 Å². The molecule has 1 aliphatic heterocycles. The molecule has 1 aromatic heterocycles. The molecule has 66 valence electrons. The molecule has 0 N–H and O–H groups in total. The Morgan fingerprint density at radius 1 is 1.75 bits per heavy atom. The van der Waals surface area contributed by atoms with Crippen LogP contribution in [0.25, 0.3) is 0 Å². The van der Waals surface area contributed by atoms with Crippen LogP contribution in [0.3, 0.4) is 0 Å². The van der Waals surface area contributed by atoms with Gasteiger partial charge in [-0.25, -0.2) is 0 Å². The average Bonchev–Trinajstić information content (AvgIpc) is 2.21. The van der Waals surface area contributed by atoms with Crippen LogP contribution in [0.5, 0.6) is 0 Å². The van der Waals surface area contributed by atoms with E-state index in [2.05, 4.69) is 28.0 Å². The molecule has 3 nitrogen and oxygen atoms in total. The monoisotopic (exact) mass is 230 g/mol. The Labute approximate surface area is 79.8 Å². The molecule has 12 heavy (non-hydrogen) atoms. The van der Waals surface area contributed by atoms with Gasteiger partial charge < -0.3 is 4.74 Å². The molecular formula is C8H11BrN2O. The fourth-order valence-electron chi connectivity index (χ4n) is 1.29. The Morgan fingerprint density at radius 3 is 2.92 bits per heavy atom. The molecular weight excluding hydrogens is 220 g/mol. The van der Waals surface area contributed by atoms with E-state index in [1.54, 1.807) is 0 Å². The normalized spacial score (nSPS) is 17.8. The minimum Gasteiger partial charge on any atom is -0.381 e. The van der Waals surface area contributed by atoms with Crippen LogP contribution in [0.15, 0.2) is 10.7 Å². The first kappa shape index (κ1) is 8.26. The first-order chi connectivity index (χ1) is 5.75. The lowest BCUT2D eigenvalue weighted by atomic mass is 10.1. The summed E-state index contributed by atoms with van der Waals surface area (Å²) in [6, 6.07) is 2.03. The van der Waals surface area contributed by atoms with E-state index in [1.807, 2.05) is 10.7 Å². The van der Waals surface area contributed by atoms with Crippen molar-refractivity contribution in [3.05, 3.63) is 16.4 Å². The summed E-state index contributed by atoms with van der Waals surface area (Å²) in [5.41, 5.74) is 1.20. The first-order valence-corrected chi connectivity index (χ1v) is 4.82. The third kappa shape index (κ3) is 1.54. The summed E-state index contributed by atoms with van der Waals surface area (Å²) in [6.07, 6.45) is 0. The summed E-state index contributed by atoms with van der Waals surface area (Å²) in [5.74, 6) is 0.662. The van der Waals surface area contributed by atoms with Gasteiger partial charge in [0.05, 0.1) is 13.2 Å². The number of rotatable bonds is 2. The number of aromatic nitrogens is 2. The largest absolute Gasteiger partial charge is 0.381 e. The van der Waals surface area contributed by atoms with Gasteiger partial charge in [-0.2, -0.15) is 5.10 Å². The molecule has 0 radical (unpaired) electrons. The standard InChI is InChI=1S/C8H11BrN2O/c1-6-2-8(9)10-11(6)3-7-4-12-5-7/h2,7H,3-5H2,1H3. The third-order valence-electron chi connectivity index (χ3n) is 2.09. The fraction of sp³-hybridized carbons (Fsp3) is 0.625. The second kappa shape index (κ2) is 3.18. The molecule has 2 heterocycles. The zero-order chi connectivity index (χ0) is 8.55.